The molecular formula is C29H36O11. The zero-order chi connectivity index (χ0) is 29.2. The number of hydrogen-bond acceptors (Lipinski definition) is 11. The number of hydrogen-bond donors (Lipinski definition) is 5. The lowest BCUT2D eigenvalue weighted by Gasteiger charge is -2.62. The highest BCUT2D eigenvalue weighted by molar-refractivity contribution is 5.93. The number of carbonyl (C=O) groups excluding carboxylic acids is 2. The van der Waals surface area contributed by atoms with Crippen molar-refractivity contribution in [2.75, 3.05) is 6.61 Å². The highest BCUT2D eigenvalue weighted by Crippen LogP contribution is 2.72. The fraction of sp³-hybridized carbons (Fsp3) is 0.655. The number of carbonyl (C=O) groups is 2. The molecule has 13 unspecified atom stereocenters. The van der Waals surface area contributed by atoms with E-state index in [1.54, 1.807) is 51.1 Å². The van der Waals surface area contributed by atoms with Crippen molar-refractivity contribution in [3.63, 3.8) is 0 Å². The van der Waals surface area contributed by atoms with E-state index < -0.39 is 94.8 Å². The third-order valence-electron chi connectivity index (χ3n) is 10.3. The summed E-state index contributed by atoms with van der Waals surface area (Å²) >= 11 is 0. The van der Waals surface area contributed by atoms with Crippen LogP contribution in [0.3, 0.4) is 0 Å². The van der Waals surface area contributed by atoms with E-state index >= 15 is 0 Å². The van der Waals surface area contributed by atoms with Crippen LogP contribution in [-0.2, 0) is 34.5 Å². The highest BCUT2D eigenvalue weighted by Gasteiger charge is 2.87. The Morgan fingerprint density at radius 1 is 1.12 bits per heavy atom. The molecule has 2 saturated heterocycles. The van der Waals surface area contributed by atoms with E-state index in [1.165, 1.54) is 6.92 Å². The molecule has 40 heavy (non-hydrogen) atoms. The second-order valence-electron chi connectivity index (χ2n) is 12.3. The highest BCUT2D eigenvalue weighted by atomic mass is 16.9. The molecule has 0 aromatic heterocycles. The number of benzene rings is 1. The largest absolute Gasteiger partial charge is 0.459 e. The Bertz CT molecular complexity index is 1270. The quantitative estimate of drug-likeness (QED) is 0.246. The molecule has 6 rings (SSSR count). The minimum absolute atomic E-state index is 0.00587. The molecule has 0 amide bonds. The van der Waals surface area contributed by atoms with Gasteiger partial charge in [-0.1, -0.05) is 50.8 Å². The summed E-state index contributed by atoms with van der Waals surface area (Å²) in [5, 5.41) is 57.7. The van der Waals surface area contributed by atoms with Crippen LogP contribution in [0.5, 0.6) is 0 Å². The molecule has 5 fully saturated rings. The van der Waals surface area contributed by atoms with Gasteiger partial charge in [-0.05, 0) is 18.9 Å². The number of Topliss-reactive ketones (excluding diaryl/α,β-unsaturated/α-hetero) is 1. The lowest BCUT2D eigenvalue weighted by atomic mass is 9.52. The Hall–Kier alpha value is -2.22. The summed E-state index contributed by atoms with van der Waals surface area (Å²) in [6, 6.07) is 8.68. The van der Waals surface area contributed by atoms with Gasteiger partial charge in [0.25, 0.3) is 0 Å². The predicted octanol–water partition coefficient (Wildman–Crippen LogP) is -0.0912. The molecular weight excluding hydrogens is 524 g/mol. The molecule has 2 aliphatic heterocycles. The standard InChI is InChI=1S/C29H36O11/c1-13(2)27-22(37-16(5)31)15(4)28-18-11-14(3)20(32)26(18,36)24(34)25(35,12-30)21(33)19(28)23(27)38-29(39-27,40-28)17-9-7-6-8-10-17/h6-10,14-15,18-19,21-24,30,33-36H,1,11-12H2,2-5H3. The molecule has 13 atom stereocenters. The first-order chi connectivity index (χ1) is 18.7. The third kappa shape index (κ3) is 2.92. The summed E-state index contributed by atoms with van der Waals surface area (Å²) in [4.78, 5) is 26.2. The molecule has 1 aromatic carbocycles. The van der Waals surface area contributed by atoms with E-state index in [1.807, 2.05) is 0 Å². The second-order valence-corrected chi connectivity index (χ2v) is 12.3. The molecule has 3 aliphatic carbocycles. The maximum atomic E-state index is 13.6. The van der Waals surface area contributed by atoms with Crippen LogP contribution in [0.15, 0.2) is 42.5 Å². The van der Waals surface area contributed by atoms with Gasteiger partial charge in [0, 0.05) is 36.2 Å². The zero-order valence-corrected chi connectivity index (χ0v) is 22.8. The molecule has 0 spiro atoms. The van der Waals surface area contributed by atoms with Gasteiger partial charge in [0.2, 0.25) is 0 Å². The Morgan fingerprint density at radius 3 is 2.35 bits per heavy atom. The van der Waals surface area contributed by atoms with Gasteiger partial charge in [-0.25, -0.2) is 0 Å². The summed E-state index contributed by atoms with van der Waals surface area (Å²) < 4.78 is 26.1. The Balaban J connectivity index is 1.72. The fourth-order valence-electron chi connectivity index (χ4n) is 8.60. The number of fused-ring (bicyclic) bond motifs is 2. The zero-order valence-electron chi connectivity index (χ0n) is 22.8. The molecule has 1 aromatic rings. The second kappa shape index (κ2) is 8.42. The summed E-state index contributed by atoms with van der Waals surface area (Å²) in [6.07, 6.45) is -6.60. The van der Waals surface area contributed by atoms with Crippen LogP contribution >= 0.6 is 0 Å². The monoisotopic (exact) mass is 560 g/mol. The minimum Gasteiger partial charge on any atom is -0.459 e. The first-order valence-corrected chi connectivity index (χ1v) is 13.6. The van der Waals surface area contributed by atoms with Crippen LogP contribution in [0.2, 0.25) is 0 Å². The topological polar surface area (TPSA) is 172 Å². The fourth-order valence-corrected chi connectivity index (χ4v) is 8.60. The SMILES string of the molecule is C=C(C)C12OC3(c4ccccc4)OC1C1C(O)C(O)(CO)C(O)C4(O)C(=O)C(C)CC4C1(O3)C(C)C2OC(C)=O. The lowest BCUT2D eigenvalue weighted by molar-refractivity contribution is -0.446. The van der Waals surface area contributed by atoms with Crippen molar-refractivity contribution in [2.45, 2.75) is 86.9 Å². The van der Waals surface area contributed by atoms with E-state index in [-0.39, 0.29) is 6.42 Å². The molecule has 3 bridgehead atoms. The third-order valence-corrected chi connectivity index (χ3v) is 10.3. The van der Waals surface area contributed by atoms with Crippen molar-refractivity contribution in [2.24, 2.45) is 23.7 Å². The van der Waals surface area contributed by atoms with Gasteiger partial charge < -0.3 is 44.5 Å². The molecule has 3 saturated carbocycles. The van der Waals surface area contributed by atoms with Gasteiger partial charge >= 0.3 is 11.9 Å². The van der Waals surface area contributed by atoms with E-state index in [4.69, 9.17) is 18.9 Å². The number of ketones is 1. The van der Waals surface area contributed by atoms with Crippen LogP contribution in [0.4, 0.5) is 0 Å². The summed E-state index contributed by atoms with van der Waals surface area (Å²) in [5.74, 6) is -7.54. The van der Waals surface area contributed by atoms with Crippen molar-refractivity contribution < 1.29 is 54.1 Å². The van der Waals surface area contributed by atoms with Gasteiger partial charge in [-0.2, -0.15) is 0 Å². The van der Waals surface area contributed by atoms with Gasteiger partial charge in [-0.15, -0.1) is 0 Å². The molecule has 0 radical (unpaired) electrons. The number of esters is 1. The van der Waals surface area contributed by atoms with Crippen LogP contribution in [0, 0.1) is 23.7 Å². The van der Waals surface area contributed by atoms with Gasteiger partial charge in [0.1, 0.15) is 23.9 Å². The molecule has 11 nitrogen and oxygen atoms in total. The lowest BCUT2D eigenvalue weighted by Crippen LogP contribution is -2.77. The van der Waals surface area contributed by atoms with Crippen LogP contribution in [0.1, 0.15) is 39.7 Å². The van der Waals surface area contributed by atoms with Crippen LogP contribution < -0.4 is 0 Å². The average Bonchev–Trinajstić information content (AvgIpc) is 3.31. The van der Waals surface area contributed by atoms with E-state index in [0.717, 1.165) is 0 Å². The number of aliphatic hydroxyl groups excluding tert-OH is 3. The summed E-state index contributed by atoms with van der Waals surface area (Å²) in [5.41, 5.74) is -7.98. The minimum atomic E-state index is -2.75. The van der Waals surface area contributed by atoms with Gasteiger partial charge in [0.15, 0.2) is 17.0 Å². The van der Waals surface area contributed by atoms with E-state index in [0.29, 0.717) is 11.1 Å². The maximum absolute atomic E-state index is 13.6. The Labute approximate surface area is 231 Å². The van der Waals surface area contributed by atoms with Crippen molar-refractivity contribution in [3.05, 3.63) is 48.0 Å². The van der Waals surface area contributed by atoms with Crippen LogP contribution in [0.25, 0.3) is 0 Å². The Kier molecular flexibility index (Phi) is 5.88. The van der Waals surface area contributed by atoms with E-state index in [2.05, 4.69) is 6.58 Å². The van der Waals surface area contributed by atoms with Crippen molar-refractivity contribution in [1.82, 2.24) is 0 Å². The van der Waals surface area contributed by atoms with Gasteiger partial charge in [0.05, 0.1) is 18.3 Å². The molecule has 5 N–H and O–H groups in total. The summed E-state index contributed by atoms with van der Waals surface area (Å²) in [6.45, 7) is 9.14. The number of ether oxygens (including phenoxy) is 4. The predicted molar refractivity (Wildman–Crippen MR) is 135 cm³/mol. The number of aliphatic hydroxyl groups is 5. The smallest absolute Gasteiger partial charge is 0.314 e. The Morgan fingerprint density at radius 2 is 1.77 bits per heavy atom. The van der Waals surface area contributed by atoms with Crippen LogP contribution in [-0.4, -0.2) is 90.7 Å². The number of rotatable bonds is 4. The molecule has 2 heterocycles. The molecule has 5 aliphatic rings. The van der Waals surface area contributed by atoms with Gasteiger partial charge in [-0.3, -0.25) is 9.59 Å². The van der Waals surface area contributed by atoms with E-state index in [9.17, 15) is 35.1 Å². The normalized spacial score (nSPS) is 52.6. The van der Waals surface area contributed by atoms with Crippen molar-refractivity contribution in [1.29, 1.82) is 0 Å². The summed E-state index contributed by atoms with van der Waals surface area (Å²) in [7, 11) is 0. The van der Waals surface area contributed by atoms with Crippen molar-refractivity contribution >= 4 is 11.8 Å². The molecule has 218 valence electrons. The maximum Gasteiger partial charge on any atom is 0.314 e. The van der Waals surface area contributed by atoms with Crippen molar-refractivity contribution in [3.8, 4) is 0 Å². The molecule has 11 heteroatoms. The first kappa shape index (κ1) is 27.9. The first-order valence-electron chi connectivity index (χ1n) is 13.6. The average molecular weight is 561 g/mol.